The van der Waals surface area contributed by atoms with Crippen LogP contribution in [0.3, 0.4) is 0 Å². The second-order valence-electron chi connectivity index (χ2n) is 3.99. The largest absolute Gasteiger partial charge is 0.480 e. The van der Waals surface area contributed by atoms with Gasteiger partial charge in [0, 0.05) is 6.04 Å². The maximum atomic E-state index is 11.4. The van der Waals surface area contributed by atoms with Crippen LogP contribution in [0.4, 0.5) is 4.79 Å². The minimum absolute atomic E-state index is 0.0963. The zero-order valence-corrected chi connectivity index (χ0v) is 9.73. The summed E-state index contributed by atoms with van der Waals surface area (Å²) in [6, 6.07) is -0.326. The first-order chi connectivity index (χ1) is 8.01. The molecule has 0 atom stereocenters. The number of urea groups is 1. The summed E-state index contributed by atoms with van der Waals surface area (Å²) < 4.78 is 0. The number of carboxylic acids is 1. The SMILES string of the molecule is CCN(CC(=O)O)CC(=O)NC(=O)NC1CC1. The molecule has 7 heteroatoms. The highest BCUT2D eigenvalue weighted by atomic mass is 16.4. The summed E-state index contributed by atoms with van der Waals surface area (Å²) >= 11 is 0. The Labute approximate surface area is 99.2 Å². The zero-order chi connectivity index (χ0) is 12.8. The average molecular weight is 243 g/mol. The molecule has 0 heterocycles. The van der Waals surface area contributed by atoms with E-state index in [1.54, 1.807) is 6.92 Å². The molecule has 0 aromatic rings. The van der Waals surface area contributed by atoms with E-state index >= 15 is 0 Å². The van der Waals surface area contributed by atoms with Crippen LogP contribution >= 0.6 is 0 Å². The van der Waals surface area contributed by atoms with E-state index in [-0.39, 0.29) is 19.1 Å². The van der Waals surface area contributed by atoms with Crippen molar-refractivity contribution in [3.63, 3.8) is 0 Å². The zero-order valence-electron chi connectivity index (χ0n) is 9.73. The maximum absolute atomic E-state index is 11.4. The Balaban J connectivity index is 2.25. The lowest BCUT2D eigenvalue weighted by Gasteiger charge is -2.16. The molecule has 0 aliphatic heterocycles. The van der Waals surface area contributed by atoms with Crippen LogP contribution in [0, 0.1) is 0 Å². The number of carbonyl (C=O) groups is 3. The van der Waals surface area contributed by atoms with Crippen LogP contribution in [0.1, 0.15) is 19.8 Å². The Morgan fingerprint density at radius 1 is 1.29 bits per heavy atom. The first-order valence-corrected chi connectivity index (χ1v) is 5.55. The van der Waals surface area contributed by atoms with E-state index in [1.165, 1.54) is 4.90 Å². The lowest BCUT2D eigenvalue weighted by atomic mass is 10.4. The number of hydrogen-bond acceptors (Lipinski definition) is 4. The van der Waals surface area contributed by atoms with Gasteiger partial charge < -0.3 is 10.4 Å². The molecule has 0 saturated heterocycles. The maximum Gasteiger partial charge on any atom is 0.321 e. The van der Waals surface area contributed by atoms with Gasteiger partial charge in [-0.25, -0.2) is 4.79 Å². The fourth-order valence-electron chi connectivity index (χ4n) is 1.29. The summed E-state index contributed by atoms with van der Waals surface area (Å²) in [6.07, 6.45) is 1.89. The summed E-state index contributed by atoms with van der Waals surface area (Å²) in [5.74, 6) is -1.49. The van der Waals surface area contributed by atoms with Crippen molar-refractivity contribution in [3.05, 3.63) is 0 Å². The second kappa shape index (κ2) is 6.19. The van der Waals surface area contributed by atoms with Crippen LogP contribution in [0.15, 0.2) is 0 Å². The number of nitrogens with zero attached hydrogens (tertiary/aromatic N) is 1. The number of likely N-dealkylation sites (N-methyl/N-ethyl adjacent to an activating group) is 1. The molecule has 0 unspecified atom stereocenters. The highest BCUT2D eigenvalue weighted by molar-refractivity contribution is 5.95. The molecule has 1 fully saturated rings. The molecule has 3 N–H and O–H groups in total. The van der Waals surface area contributed by atoms with Gasteiger partial charge in [0.2, 0.25) is 5.91 Å². The molecule has 1 aliphatic rings. The van der Waals surface area contributed by atoms with Crippen molar-refractivity contribution in [2.24, 2.45) is 0 Å². The van der Waals surface area contributed by atoms with Crippen molar-refractivity contribution < 1.29 is 19.5 Å². The highest BCUT2D eigenvalue weighted by Crippen LogP contribution is 2.18. The number of amides is 3. The van der Waals surface area contributed by atoms with Crippen LogP contribution in [-0.4, -0.2) is 53.6 Å². The van der Waals surface area contributed by atoms with Crippen LogP contribution < -0.4 is 10.6 Å². The van der Waals surface area contributed by atoms with Crippen molar-refractivity contribution in [3.8, 4) is 0 Å². The molecular formula is C10H17N3O4. The lowest BCUT2D eigenvalue weighted by Crippen LogP contribution is -2.46. The van der Waals surface area contributed by atoms with Crippen LogP contribution in [0.2, 0.25) is 0 Å². The summed E-state index contributed by atoms with van der Waals surface area (Å²) in [5, 5.41) is 13.4. The quantitative estimate of drug-likeness (QED) is 0.577. The standard InChI is InChI=1S/C10H17N3O4/c1-2-13(6-9(15)16)5-8(14)12-10(17)11-7-3-4-7/h7H,2-6H2,1H3,(H,15,16)(H2,11,12,14,17). The fraction of sp³-hybridized carbons (Fsp3) is 0.700. The lowest BCUT2D eigenvalue weighted by molar-refractivity contribution is -0.138. The number of aliphatic carboxylic acids is 1. The van der Waals surface area contributed by atoms with Crippen LogP contribution in [0.5, 0.6) is 0 Å². The van der Waals surface area contributed by atoms with Gasteiger partial charge in [-0.15, -0.1) is 0 Å². The van der Waals surface area contributed by atoms with E-state index in [0.717, 1.165) is 12.8 Å². The second-order valence-corrected chi connectivity index (χ2v) is 3.99. The molecule has 1 rings (SSSR count). The van der Waals surface area contributed by atoms with E-state index < -0.39 is 17.9 Å². The van der Waals surface area contributed by atoms with Gasteiger partial charge in [-0.2, -0.15) is 0 Å². The molecular weight excluding hydrogens is 226 g/mol. The normalized spacial score (nSPS) is 14.5. The third-order valence-electron chi connectivity index (χ3n) is 2.34. The highest BCUT2D eigenvalue weighted by Gasteiger charge is 2.24. The van der Waals surface area contributed by atoms with Gasteiger partial charge in [0.05, 0.1) is 13.1 Å². The fourth-order valence-corrected chi connectivity index (χ4v) is 1.29. The Bertz CT molecular complexity index is 315. The van der Waals surface area contributed by atoms with Gasteiger partial charge >= 0.3 is 12.0 Å². The van der Waals surface area contributed by atoms with Gasteiger partial charge in [-0.3, -0.25) is 19.8 Å². The predicted molar refractivity (Wildman–Crippen MR) is 59.4 cm³/mol. The molecule has 0 aromatic carbocycles. The minimum Gasteiger partial charge on any atom is -0.480 e. The molecule has 0 spiro atoms. The van der Waals surface area contributed by atoms with Gasteiger partial charge in [-0.1, -0.05) is 6.92 Å². The molecule has 0 bridgehead atoms. The molecule has 1 saturated carbocycles. The topological polar surface area (TPSA) is 98.7 Å². The van der Waals surface area contributed by atoms with Gasteiger partial charge in [0.25, 0.3) is 0 Å². The average Bonchev–Trinajstić information content (AvgIpc) is 2.99. The van der Waals surface area contributed by atoms with E-state index in [1.807, 2.05) is 0 Å². The first kappa shape index (κ1) is 13.4. The van der Waals surface area contributed by atoms with E-state index in [2.05, 4.69) is 10.6 Å². The van der Waals surface area contributed by atoms with E-state index in [4.69, 9.17) is 5.11 Å². The summed E-state index contributed by atoms with van der Waals surface area (Å²) in [5.41, 5.74) is 0. The third-order valence-corrected chi connectivity index (χ3v) is 2.34. The van der Waals surface area contributed by atoms with E-state index in [9.17, 15) is 14.4 Å². The Hall–Kier alpha value is -1.63. The van der Waals surface area contributed by atoms with Crippen molar-refractivity contribution in [2.45, 2.75) is 25.8 Å². The number of nitrogens with one attached hydrogen (secondary N) is 2. The Morgan fingerprint density at radius 3 is 2.41 bits per heavy atom. The summed E-state index contributed by atoms with van der Waals surface area (Å²) in [4.78, 5) is 34.5. The number of carboxylic acid groups (broad SMARTS) is 1. The van der Waals surface area contributed by atoms with Crippen molar-refractivity contribution >= 4 is 17.9 Å². The molecule has 0 aromatic heterocycles. The molecule has 7 nitrogen and oxygen atoms in total. The Kier molecular flexibility index (Phi) is 4.89. The van der Waals surface area contributed by atoms with Crippen molar-refractivity contribution in [2.75, 3.05) is 19.6 Å². The number of imide groups is 1. The molecule has 96 valence electrons. The molecule has 0 radical (unpaired) electrons. The smallest absolute Gasteiger partial charge is 0.321 e. The van der Waals surface area contributed by atoms with Crippen molar-refractivity contribution in [1.82, 2.24) is 15.5 Å². The predicted octanol–water partition coefficient (Wildman–Crippen LogP) is -0.619. The number of hydrogen-bond donors (Lipinski definition) is 3. The van der Waals surface area contributed by atoms with Crippen molar-refractivity contribution in [1.29, 1.82) is 0 Å². The molecule has 3 amide bonds. The summed E-state index contributed by atoms with van der Waals surface area (Å²) in [7, 11) is 0. The van der Waals surface area contributed by atoms with Gasteiger partial charge in [0.15, 0.2) is 0 Å². The monoisotopic (exact) mass is 243 g/mol. The van der Waals surface area contributed by atoms with Gasteiger partial charge in [-0.05, 0) is 19.4 Å². The third kappa shape index (κ3) is 5.86. The number of rotatable bonds is 6. The Morgan fingerprint density at radius 2 is 1.94 bits per heavy atom. The van der Waals surface area contributed by atoms with Gasteiger partial charge in [0.1, 0.15) is 0 Å². The van der Waals surface area contributed by atoms with Crippen LogP contribution in [0.25, 0.3) is 0 Å². The number of carbonyl (C=O) groups excluding carboxylic acids is 2. The first-order valence-electron chi connectivity index (χ1n) is 5.55. The summed E-state index contributed by atoms with van der Waals surface area (Å²) in [6.45, 7) is 1.87. The minimum atomic E-state index is -0.998. The molecule has 17 heavy (non-hydrogen) atoms. The molecule has 1 aliphatic carbocycles. The van der Waals surface area contributed by atoms with Crippen LogP contribution in [-0.2, 0) is 9.59 Å². The van der Waals surface area contributed by atoms with E-state index in [0.29, 0.717) is 6.54 Å².